The van der Waals surface area contributed by atoms with Crippen LogP contribution in [0, 0.1) is 0 Å². The zero-order valence-corrected chi connectivity index (χ0v) is 12.0. The molecule has 6 heteroatoms. The molecule has 0 bridgehead atoms. The van der Waals surface area contributed by atoms with Gasteiger partial charge in [0.05, 0.1) is 6.04 Å². The largest absolute Gasteiger partial charge is 0.298 e. The lowest BCUT2D eigenvalue weighted by molar-refractivity contribution is -0.137. The van der Waals surface area contributed by atoms with E-state index in [0.29, 0.717) is 29.8 Å². The molecular weight excluding hydrogens is 276 g/mol. The van der Waals surface area contributed by atoms with Crippen molar-refractivity contribution in [2.24, 2.45) is 0 Å². The molecule has 0 spiro atoms. The molecule has 1 saturated heterocycles. The van der Waals surface area contributed by atoms with Gasteiger partial charge in [-0.2, -0.15) is 0 Å². The van der Waals surface area contributed by atoms with Crippen LogP contribution in [-0.2, 0) is 16.1 Å². The van der Waals surface area contributed by atoms with Crippen LogP contribution in [0.1, 0.15) is 28.8 Å². The van der Waals surface area contributed by atoms with E-state index in [0.717, 1.165) is 11.8 Å². The molecule has 0 radical (unpaired) electrons. The minimum Gasteiger partial charge on any atom is -0.298 e. The van der Waals surface area contributed by atoms with E-state index in [1.807, 2.05) is 11.0 Å². The number of carbonyl (C=O) groups excluding carboxylic acids is 3. The number of nitrogens with one attached hydrogen (secondary N) is 1. The van der Waals surface area contributed by atoms with E-state index in [4.69, 9.17) is 0 Å². The third kappa shape index (κ3) is 3.08. The summed E-state index contributed by atoms with van der Waals surface area (Å²) in [7, 11) is 1.80. The summed E-state index contributed by atoms with van der Waals surface area (Å²) in [4.78, 5) is 36.6. The van der Waals surface area contributed by atoms with E-state index >= 15 is 0 Å². The van der Waals surface area contributed by atoms with Gasteiger partial charge in [-0.3, -0.25) is 24.6 Å². The van der Waals surface area contributed by atoms with Crippen molar-refractivity contribution >= 4 is 30.7 Å². The van der Waals surface area contributed by atoms with Gasteiger partial charge >= 0.3 is 0 Å². The Balaban J connectivity index is 2.16. The van der Waals surface area contributed by atoms with E-state index in [9.17, 15) is 14.4 Å². The van der Waals surface area contributed by atoms with E-state index < -0.39 is 0 Å². The van der Waals surface area contributed by atoms with Gasteiger partial charge in [-0.05, 0) is 25.1 Å². The number of rotatable bonds is 4. The molecule has 1 aromatic carbocycles. The molecule has 1 heterocycles. The molecule has 20 heavy (non-hydrogen) atoms. The maximum absolute atomic E-state index is 11.8. The van der Waals surface area contributed by atoms with Gasteiger partial charge < -0.3 is 0 Å². The fourth-order valence-corrected chi connectivity index (χ4v) is 2.62. The summed E-state index contributed by atoms with van der Waals surface area (Å²) >= 11 is 4.36. The lowest BCUT2D eigenvalue weighted by Gasteiger charge is -2.30. The first-order valence-electron chi connectivity index (χ1n) is 6.33. The number of aldehydes is 1. The second-order valence-corrected chi connectivity index (χ2v) is 5.33. The molecule has 0 saturated carbocycles. The normalized spacial score (nSPS) is 19.1. The molecule has 1 unspecified atom stereocenters. The topological polar surface area (TPSA) is 66.5 Å². The van der Waals surface area contributed by atoms with Gasteiger partial charge in [0, 0.05) is 23.4 Å². The molecule has 1 atom stereocenters. The Hall–Kier alpha value is -1.66. The summed E-state index contributed by atoms with van der Waals surface area (Å²) in [5.41, 5.74) is 1.36. The summed E-state index contributed by atoms with van der Waals surface area (Å²) < 4.78 is 0. The summed E-state index contributed by atoms with van der Waals surface area (Å²) in [5.74, 6) is -0.518. The highest BCUT2D eigenvalue weighted by Gasteiger charge is 2.30. The molecule has 0 aromatic heterocycles. The number of hydrogen-bond donors (Lipinski definition) is 2. The van der Waals surface area contributed by atoms with E-state index in [1.165, 1.54) is 0 Å². The summed E-state index contributed by atoms with van der Waals surface area (Å²) in [6, 6.07) is 4.94. The Bertz CT molecular complexity index is 559. The van der Waals surface area contributed by atoms with Gasteiger partial charge in [-0.1, -0.05) is 12.1 Å². The Morgan fingerprint density at radius 3 is 2.85 bits per heavy atom. The predicted molar refractivity (Wildman–Crippen MR) is 76.7 cm³/mol. The monoisotopic (exact) mass is 292 g/mol. The predicted octanol–water partition coefficient (Wildman–Crippen LogP) is 1.02. The smallest absolute Gasteiger partial charge is 0.243 e. The maximum atomic E-state index is 11.8. The Kier molecular flexibility index (Phi) is 4.57. The van der Waals surface area contributed by atoms with E-state index in [2.05, 4.69) is 17.9 Å². The van der Waals surface area contributed by atoms with Crippen LogP contribution >= 0.6 is 12.6 Å². The van der Waals surface area contributed by atoms with Crippen LogP contribution in [0.2, 0.25) is 0 Å². The van der Waals surface area contributed by atoms with Crippen molar-refractivity contribution < 1.29 is 14.4 Å². The van der Waals surface area contributed by atoms with Crippen LogP contribution in [0.25, 0.3) is 0 Å². The molecular formula is C14H16N2O3S. The number of imide groups is 1. The number of hydrogen-bond acceptors (Lipinski definition) is 5. The van der Waals surface area contributed by atoms with Crippen molar-refractivity contribution in [3.8, 4) is 0 Å². The zero-order valence-electron chi connectivity index (χ0n) is 11.1. The molecule has 2 amide bonds. The first-order valence-corrected chi connectivity index (χ1v) is 6.77. The van der Waals surface area contributed by atoms with Crippen LogP contribution in [0.15, 0.2) is 23.1 Å². The molecule has 0 aliphatic carbocycles. The van der Waals surface area contributed by atoms with Crippen molar-refractivity contribution in [1.29, 1.82) is 0 Å². The number of carbonyl (C=O) groups is 3. The third-order valence-corrected chi connectivity index (χ3v) is 3.88. The second-order valence-electron chi connectivity index (χ2n) is 4.84. The van der Waals surface area contributed by atoms with Gasteiger partial charge in [-0.15, -0.1) is 12.6 Å². The number of amides is 2. The first-order chi connectivity index (χ1) is 9.52. The molecule has 1 fully saturated rings. The lowest BCUT2D eigenvalue weighted by Crippen LogP contribution is -2.51. The van der Waals surface area contributed by atoms with Crippen LogP contribution in [0.4, 0.5) is 0 Å². The fourth-order valence-electron chi connectivity index (χ4n) is 2.34. The SMILES string of the molecule is CN(Cc1c(S)cccc1C=O)C1CCC(=O)NC1=O. The second kappa shape index (κ2) is 6.19. The minimum absolute atomic E-state index is 0.233. The zero-order chi connectivity index (χ0) is 14.7. The highest BCUT2D eigenvalue weighted by molar-refractivity contribution is 7.80. The molecule has 1 aliphatic heterocycles. The molecule has 1 aromatic rings. The maximum Gasteiger partial charge on any atom is 0.243 e. The van der Waals surface area contributed by atoms with Gasteiger partial charge in [0.2, 0.25) is 11.8 Å². The molecule has 5 nitrogen and oxygen atoms in total. The van der Waals surface area contributed by atoms with Crippen molar-refractivity contribution in [3.63, 3.8) is 0 Å². The summed E-state index contributed by atoms with van der Waals surface area (Å²) in [6.45, 7) is 0.431. The Morgan fingerprint density at radius 1 is 1.45 bits per heavy atom. The van der Waals surface area contributed by atoms with E-state index in [1.54, 1.807) is 19.2 Å². The molecule has 1 N–H and O–H groups in total. The molecule has 2 rings (SSSR count). The Morgan fingerprint density at radius 2 is 2.20 bits per heavy atom. The first kappa shape index (κ1) is 14.7. The van der Waals surface area contributed by atoms with Crippen LogP contribution in [-0.4, -0.2) is 36.1 Å². The number of likely N-dealkylation sites (N-methyl/N-ethyl adjacent to an activating group) is 1. The lowest BCUT2D eigenvalue weighted by atomic mass is 10.0. The van der Waals surface area contributed by atoms with Crippen molar-refractivity contribution in [3.05, 3.63) is 29.3 Å². The van der Waals surface area contributed by atoms with Crippen LogP contribution in [0.5, 0.6) is 0 Å². The quantitative estimate of drug-likeness (QED) is 0.494. The van der Waals surface area contributed by atoms with E-state index in [-0.39, 0.29) is 17.9 Å². The highest BCUT2D eigenvalue weighted by Crippen LogP contribution is 2.21. The number of piperidine rings is 1. The van der Waals surface area contributed by atoms with Gasteiger partial charge in [0.1, 0.15) is 6.29 Å². The van der Waals surface area contributed by atoms with Crippen molar-refractivity contribution in [2.75, 3.05) is 7.05 Å². The summed E-state index contributed by atoms with van der Waals surface area (Å²) in [5, 5.41) is 2.33. The number of nitrogens with zero attached hydrogens (tertiary/aromatic N) is 1. The highest BCUT2D eigenvalue weighted by atomic mass is 32.1. The molecule has 106 valence electrons. The van der Waals surface area contributed by atoms with Crippen molar-refractivity contribution in [1.82, 2.24) is 10.2 Å². The Labute approximate surface area is 122 Å². The van der Waals surface area contributed by atoms with Gasteiger partial charge in [0.25, 0.3) is 0 Å². The van der Waals surface area contributed by atoms with Gasteiger partial charge in [-0.25, -0.2) is 0 Å². The number of benzene rings is 1. The third-order valence-electron chi connectivity index (χ3n) is 3.46. The average molecular weight is 292 g/mol. The standard InChI is InChI=1S/C14H16N2O3S/c1-16(11-5-6-13(18)15-14(11)19)7-10-9(8-17)3-2-4-12(10)20/h2-4,8,11,20H,5-7H2,1H3,(H,15,18,19). The van der Waals surface area contributed by atoms with Gasteiger partial charge in [0.15, 0.2) is 0 Å². The van der Waals surface area contributed by atoms with Crippen molar-refractivity contribution in [2.45, 2.75) is 30.3 Å². The van der Waals surface area contributed by atoms with Crippen LogP contribution in [0.3, 0.4) is 0 Å². The summed E-state index contributed by atoms with van der Waals surface area (Å²) in [6.07, 6.45) is 1.61. The molecule has 1 aliphatic rings. The fraction of sp³-hybridized carbons (Fsp3) is 0.357. The number of thiol groups is 1. The minimum atomic E-state index is -0.361. The van der Waals surface area contributed by atoms with Crippen LogP contribution < -0.4 is 5.32 Å². The average Bonchev–Trinajstić information content (AvgIpc) is 2.40.